The number of halogens is 3. The Hall–Kier alpha value is -0.930. The lowest BCUT2D eigenvalue weighted by Gasteiger charge is -2.10. The lowest BCUT2D eigenvalue weighted by atomic mass is 10.3. The lowest BCUT2D eigenvalue weighted by molar-refractivity contribution is 0.600. The molecule has 0 spiro atoms. The van der Waals surface area contributed by atoms with Crippen LogP contribution in [0.3, 0.4) is 0 Å². The summed E-state index contributed by atoms with van der Waals surface area (Å²) in [6.07, 6.45) is 1.29. The Morgan fingerprint density at radius 2 is 2.05 bits per heavy atom. The molecule has 0 radical (unpaired) electrons. The van der Waals surface area contributed by atoms with Gasteiger partial charge in [0.05, 0.1) is 14.2 Å². The third-order valence-corrected chi connectivity index (χ3v) is 4.87. The number of benzene rings is 1. The number of hydrogen-bond donors (Lipinski definition) is 1. The maximum atomic E-state index is 13.3. The summed E-state index contributed by atoms with van der Waals surface area (Å²) in [5.41, 5.74) is 0.175. The third-order valence-electron chi connectivity index (χ3n) is 2.20. The molecule has 1 aromatic carbocycles. The second kappa shape index (κ2) is 5.59. The van der Waals surface area contributed by atoms with Gasteiger partial charge in [-0.25, -0.2) is 17.8 Å². The number of anilines is 1. The van der Waals surface area contributed by atoms with Crippen LogP contribution in [0.2, 0.25) is 5.15 Å². The highest BCUT2D eigenvalue weighted by Crippen LogP contribution is 2.24. The van der Waals surface area contributed by atoms with Crippen molar-refractivity contribution in [2.75, 3.05) is 4.72 Å². The van der Waals surface area contributed by atoms with Crippen LogP contribution in [0.4, 0.5) is 10.1 Å². The fourth-order valence-corrected chi connectivity index (χ4v) is 3.34. The summed E-state index contributed by atoms with van der Waals surface area (Å²) in [5, 5.41) is 0.0665. The smallest absolute Gasteiger partial charge is 0.262 e. The first-order chi connectivity index (χ1) is 8.90. The average Bonchev–Trinajstić information content (AvgIpc) is 2.35. The number of aromatic nitrogens is 1. The first kappa shape index (κ1) is 14.5. The number of pyridine rings is 1. The van der Waals surface area contributed by atoms with Gasteiger partial charge >= 0.3 is 0 Å². The predicted octanol–water partition coefficient (Wildman–Crippen LogP) is 3.28. The molecule has 19 heavy (non-hydrogen) atoms. The normalized spacial score (nSPS) is 11.3. The number of nitrogens with zero attached hydrogens (tertiary/aromatic N) is 1. The van der Waals surface area contributed by atoms with Crippen LogP contribution in [0.5, 0.6) is 0 Å². The van der Waals surface area contributed by atoms with E-state index >= 15 is 0 Å². The third kappa shape index (κ3) is 3.34. The standard InChI is InChI=1S/C11H7ClFIN2O2S/c12-10-6-7(4-5-15-10)19(17,18)16-9-3-1-2-8(13)11(9)14/h1-6,16H. The largest absolute Gasteiger partial charge is 0.278 e. The summed E-state index contributed by atoms with van der Waals surface area (Å²) < 4.78 is 40.0. The number of hydrogen-bond acceptors (Lipinski definition) is 3. The second-order valence-electron chi connectivity index (χ2n) is 3.52. The molecule has 0 aliphatic carbocycles. The molecule has 4 nitrogen and oxygen atoms in total. The van der Waals surface area contributed by atoms with Gasteiger partial charge in [0.15, 0.2) is 0 Å². The molecule has 0 aliphatic heterocycles. The zero-order valence-corrected chi connectivity index (χ0v) is 13.0. The van der Waals surface area contributed by atoms with Crippen molar-refractivity contribution in [1.82, 2.24) is 4.98 Å². The quantitative estimate of drug-likeness (QED) is 0.622. The van der Waals surface area contributed by atoms with E-state index in [-0.39, 0.29) is 19.3 Å². The van der Waals surface area contributed by atoms with E-state index in [2.05, 4.69) is 9.71 Å². The topological polar surface area (TPSA) is 59.1 Å². The van der Waals surface area contributed by atoms with Gasteiger partial charge in [0.25, 0.3) is 10.0 Å². The number of sulfonamides is 1. The minimum Gasteiger partial charge on any atom is -0.278 e. The monoisotopic (exact) mass is 412 g/mol. The summed E-state index contributed by atoms with van der Waals surface area (Å²) in [4.78, 5) is 3.67. The molecule has 0 atom stereocenters. The van der Waals surface area contributed by atoms with Crippen molar-refractivity contribution in [2.24, 2.45) is 0 Å². The van der Waals surface area contributed by atoms with E-state index in [1.54, 1.807) is 22.6 Å². The van der Waals surface area contributed by atoms with Crippen molar-refractivity contribution < 1.29 is 12.8 Å². The van der Waals surface area contributed by atoms with Gasteiger partial charge in [-0.2, -0.15) is 0 Å². The Morgan fingerprint density at radius 3 is 2.74 bits per heavy atom. The molecule has 1 aromatic heterocycles. The van der Waals surface area contributed by atoms with Gasteiger partial charge in [0.1, 0.15) is 11.0 Å². The van der Waals surface area contributed by atoms with Crippen LogP contribution >= 0.6 is 34.2 Å². The summed E-state index contributed by atoms with van der Waals surface area (Å²) in [6.45, 7) is 0. The minimum atomic E-state index is -3.82. The van der Waals surface area contributed by atoms with Gasteiger partial charge < -0.3 is 0 Å². The molecule has 0 saturated carbocycles. The van der Waals surface area contributed by atoms with Crippen molar-refractivity contribution in [2.45, 2.75) is 4.90 Å². The first-order valence-electron chi connectivity index (χ1n) is 4.98. The molecule has 1 N–H and O–H groups in total. The van der Waals surface area contributed by atoms with E-state index in [9.17, 15) is 12.8 Å². The van der Waals surface area contributed by atoms with Crippen molar-refractivity contribution in [3.8, 4) is 0 Å². The summed E-state index contributed by atoms with van der Waals surface area (Å²) in [7, 11) is -3.82. The SMILES string of the molecule is O=S(=O)(Nc1cccc(F)c1I)c1ccnc(Cl)c1. The van der Waals surface area contributed by atoms with Crippen molar-refractivity contribution in [1.29, 1.82) is 0 Å². The molecule has 0 aliphatic rings. The van der Waals surface area contributed by atoms with E-state index < -0.39 is 15.8 Å². The van der Waals surface area contributed by atoms with Crippen LogP contribution in [0.15, 0.2) is 41.4 Å². The summed E-state index contributed by atoms with van der Waals surface area (Å²) in [5.74, 6) is -0.492. The summed E-state index contributed by atoms with van der Waals surface area (Å²) in [6, 6.07) is 6.68. The van der Waals surface area contributed by atoms with Crippen LogP contribution in [0.25, 0.3) is 0 Å². The van der Waals surface area contributed by atoms with Crippen LogP contribution in [0, 0.1) is 9.39 Å². The zero-order chi connectivity index (χ0) is 14.0. The van der Waals surface area contributed by atoms with Gasteiger partial charge in [0.2, 0.25) is 0 Å². The molecular formula is C11H7ClFIN2O2S. The van der Waals surface area contributed by atoms with Crippen molar-refractivity contribution in [3.63, 3.8) is 0 Å². The predicted molar refractivity (Wildman–Crippen MR) is 79.2 cm³/mol. The molecule has 0 unspecified atom stereocenters. The average molecular weight is 413 g/mol. The highest BCUT2D eigenvalue weighted by atomic mass is 127. The molecule has 8 heteroatoms. The van der Waals surface area contributed by atoms with E-state index in [0.29, 0.717) is 0 Å². The minimum absolute atomic E-state index is 0.0347. The maximum Gasteiger partial charge on any atom is 0.262 e. The lowest BCUT2D eigenvalue weighted by Crippen LogP contribution is -2.14. The molecule has 0 bridgehead atoms. The van der Waals surface area contributed by atoms with Crippen LogP contribution < -0.4 is 4.72 Å². The fourth-order valence-electron chi connectivity index (χ4n) is 1.34. The highest BCUT2D eigenvalue weighted by Gasteiger charge is 2.17. The Balaban J connectivity index is 2.39. The van der Waals surface area contributed by atoms with Gasteiger partial charge in [-0.1, -0.05) is 17.7 Å². The van der Waals surface area contributed by atoms with Gasteiger partial charge in [0, 0.05) is 6.20 Å². The fraction of sp³-hybridized carbons (Fsp3) is 0. The Kier molecular flexibility index (Phi) is 4.26. The van der Waals surface area contributed by atoms with Crippen molar-refractivity contribution >= 4 is 49.9 Å². The molecule has 2 aromatic rings. The second-order valence-corrected chi connectivity index (χ2v) is 6.67. The van der Waals surface area contributed by atoms with Gasteiger partial charge in [-0.15, -0.1) is 0 Å². The number of rotatable bonds is 3. The first-order valence-corrected chi connectivity index (χ1v) is 7.92. The summed E-state index contributed by atoms with van der Waals surface area (Å²) >= 11 is 7.38. The molecule has 2 rings (SSSR count). The highest BCUT2D eigenvalue weighted by molar-refractivity contribution is 14.1. The van der Waals surface area contributed by atoms with Gasteiger partial charge in [-0.05, 0) is 46.9 Å². The molecule has 100 valence electrons. The van der Waals surface area contributed by atoms with Crippen LogP contribution in [0.1, 0.15) is 0 Å². The molecule has 1 heterocycles. The van der Waals surface area contributed by atoms with Gasteiger partial charge in [-0.3, -0.25) is 4.72 Å². The van der Waals surface area contributed by atoms with Crippen LogP contribution in [-0.2, 0) is 10.0 Å². The van der Waals surface area contributed by atoms with Crippen molar-refractivity contribution in [3.05, 3.63) is 51.1 Å². The van der Waals surface area contributed by atoms with E-state index in [0.717, 1.165) is 0 Å². The Bertz CT molecular complexity index is 724. The van der Waals surface area contributed by atoms with E-state index in [1.807, 2.05) is 0 Å². The van der Waals surface area contributed by atoms with E-state index in [1.165, 1.54) is 36.5 Å². The van der Waals surface area contributed by atoms with E-state index in [4.69, 9.17) is 11.6 Å². The molecule has 0 amide bonds. The maximum absolute atomic E-state index is 13.3. The Labute approximate surface area is 128 Å². The molecule has 0 fully saturated rings. The molecule has 0 saturated heterocycles. The number of nitrogens with one attached hydrogen (secondary N) is 1. The van der Waals surface area contributed by atoms with Crippen LogP contribution in [-0.4, -0.2) is 13.4 Å². The zero-order valence-electron chi connectivity index (χ0n) is 9.27. The Morgan fingerprint density at radius 1 is 1.32 bits per heavy atom. The molecular weight excluding hydrogens is 406 g/mol.